The van der Waals surface area contributed by atoms with Gasteiger partial charge in [0.1, 0.15) is 4.88 Å². The van der Waals surface area contributed by atoms with Gasteiger partial charge in [0.25, 0.3) is 5.91 Å². The van der Waals surface area contributed by atoms with Crippen LogP contribution >= 0.6 is 22.9 Å². The Morgan fingerprint density at radius 2 is 1.72 bits per heavy atom. The molecule has 3 aromatic rings. The van der Waals surface area contributed by atoms with Crippen molar-refractivity contribution in [1.29, 1.82) is 0 Å². The van der Waals surface area contributed by atoms with Gasteiger partial charge in [-0.2, -0.15) is 0 Å². The number of benzene rings is 2. The molecule has 1 aromatic heterocycles. The average molecular weight is 433 g/mol. The number of hydrogen-bond acceptors (Lipinski definition) is 5. The molecule has 0 bridgehead atoms. The van der Waals surface area contributed by atoms with Crippen LogP contribution in [0, 0.1) is 0 Å². The van der Waals surface area contributed by atoms with Crippen molar-refractivity contribution in [1.82, 2.24) is 10.9 Å². The second-order valence-electron chi connectivity index (χ2n) is 6.07. The Morgan fingerprint density at radius 3 is 2.45 bits per heavy atom. The van der Waals surface area contributed by atoms with E-state index >= 15 is 0 Å². The Kier molecular flexibility index (Phi) is 6.95. The molecular weight excluding hydrogens is 412 g/mol. The van der Waals surface area contributed by atoms with E-state index in [9.17, 15) is 9.59 Å². The Morgan fingerprint density at radius 1 is 1.00 bits per heavy atom. The first-order chi connectivity index (χ1) is 14.0. The molecule has 0 aliphatic heterocycles. The monoisotopic (exact) mass is 432 g/mol. The third kappa shape index (κ3) is 4.99. The fourth-order valence-electron chi connectivity index (χ4n) is 2.78. The van der Waals surface area contributed by atoms with Crippen LogP contribution < -0.4 is 20.3 Å². The van der Waals surface area contributed by atoms with Crippen LogP contribution in [0.3, 0.4) is 0 Å². The minimum atomic E-state index is -0.453. The van der Waals surface area contributed by atoms with E-state index < -0.39 is 5.91 Å². The van der Waals surface area contributed by atoms with Gasteiger partial charge in [0, 0.05) is 10.1 Å². The molecule has 1 heterocycles. The van der Waals surface area contributed by atoms with Crippen molar-refractivity contribution in [2.45, 2.75) is 20.3 Å². The molecule has 152 valence electrons. The van der Waals surface area contributed by atoms with Crippen LogP contribution in [0.5, 0.6) is 11.5 Å². The molecule has 6 nitrogen and oxygen atoms in total. The summed E-state index contributed by atoms with van der Waals surface area (Å²) in [6.07, 6.45) is 0.0763. The lowest BCUT2D eigenvalue weighted by atomic mass is 10.1. The Bertz CT molecular complexity index is 1030. The predicted molar refractivity (Wildman–Crippen MR) is 115 cm³/mol. The third-order valence-corrected chi connectivity index (χ3v) is 5.70. The number of fused-ring (bicyclic) bond motifs is 1. The van der Waals surface area contributed by atoms with Crippen molar-refractivity contribution in [3.05, 3.63) is 57.9 Å². The number of amides is 2. The highest BCUT2D eigenvalue weighted by atomic mass is 35.5. The molecule has 0 aliphatic rings. The highest BCUT2D eigenvalue weighted by molar-refractivity contribution is 7.21. The van der Waals surface area contributed by atoms with Gasteiger partial charge in [-0.05, 0) is 37.6 Å². The van der Waals surface area contributed by atoms with E-state index in [4.69, 9.17) is 21.1 Å². The number of rotatable bonds is 7. The lowest BCUT2D eigenvalue weighted by Gasteiger charge is -2.12. The summed E-state index contributed by atoms with van der Waals surface area (Å²) in [5.74, 6) is 0.403. The lowest BCUT2D eigenvalue weighted by Crippen LogP contribution is -2.42. The Labute approximate surface area is 177 Å². The molecular formula is C21H21ClN2O4S. The second-order valence-corrected chi connectivity index (χ2v) is 7.50. The Hall–Kier alpha value is -2.77. The summed E-state index contributed by atoms with van der Waals surface area (Å²) in [6, 6.07) is 12.8. The highest BCUT2D eigenvalue weighted by Crippen LogP contribution is 2.35. The zero-order valence-electron chi connectivity index (χ0n) is 16.1. The zero-order valence-corrected chi connectivity index (χ0v) is 17.7. The number of thiophene rings is 1. The van der Waals surface area contributed by atoms with E-state index in [1.807, 2.05) is 38.1 Å². The van der Waals surface area contributed by atoms with Gasteiger partial charge in [-0.3, -0.25) is 20.4 Å². The molecule has 0 saturated carbocycles. The van der Waals surface area contributed by atoms with Crippen molar-refractivity contribution in [2.24, 2.45) is 0 Å². The van der Waals surface area contributed by atoms with E-state index in [0.717, 1.165) is 15.6 Å². The number of nitrogens with one attached hydrogen (secondary N) is 2. The maximum atomic E-state index is 12.4. The van der Waals surface area contributed by atoms with Crippen molar-refractivity contribution in [3.63, 3.8) is 0 Å². The van der Waals surface area contributed by atoms with E-state index in [2.05, 4.69) is 10.9 Å². The molecule has 2 amide bonds. The quantitative estimate of drug-likeness (QED) is 0.544. The smallest absolute Gasteiger partial charge is 0.281 e. The van der Waals surface area contributed by atoms with Crippen LogP contribution in [0.25, 0.3) is 10.1 Å². The van der Waals surface area contributed by atoms with Gasteiger partial charge in [0.05, 0.1) is 24.7 Å². The summed E-state index contributed by atoms with van der Waals surface area (Å²) in [6.45, 7) is 4.78. The average Bonchev–Trinajstić information content (AvgIpc) is 3.05. The summed E-state index contributed by atoms with van der Waals surface area (Å²) >= 11 is 7.57. The van der Waals surface area contributed by atoms with Gasteiger partial charge in [0.15, 0.2) is 11.5 Å². The Balaban J connectivity index is 1.62. The first kappa shape index (κ1) is 21.0. The van der Waals surface area contributed by atoms with E-state index in [1.165, 1.54) is 11.3 Å². The van der Waals surface area contributed by atoms with Crippen LogP contribution in [0.2, 0.25) is 5.02 Å². The summed E-state index contributed by atoms with van der Waals surface area (Å²) in [4.78, 5) is 25.0. The largest absolute Gasteiger partial charge is 0.490 e. The molecule has 0 spiro atoms. The number of halogens is 1. The van der Waals surface area contributed by atoms with Gasteiger partial charge in [0.2, 0.25) is 5.91 Å². The van der Waals surface area contributed by atoms with E-state index in [-0.39, 0.29) is 12.3 Å². The first-order valence-electron chi connectivity index (χ1n) is 9.18. The van der Waals surface area contributed by atoms with E-state index in [0.29, 0.717) is 34.6 Å². The maximum absolute atomic E-state index is 12.4. The van der Waals surface area contributed by atoms with Crippen molar-refractivity contribution in [3.8, 4) is 11.5 Å². The molecule has 0 atom stereocenters. The van der Waals surface area contributed by atoms with Gasteiger partial charge < -0.3 is 9.47 Å². The molecule has 0 saturated heterocycles. The molecule has 3 rings (SSSR count). The van der Waals surface area contributed by atoms with Crippen molar-refractivity contribution in [2.75, 3.05) is 13.2 Å². The SMILES string of the molecule is CCOc1ccc(CC(=O)NNC(=O)c2sc3ccccc3c2Cl)cc1OCC. The van der Waals surface area contributed by atoms with Crippen LogP contribution in [0.15, 0.2) is 42.5 Å². The standard InChI is InChI=1S/C21H21ClN2O4S/c1-3-27-15-10-9-13(11-16(15)28-4-2)12-18(25)23-24-21(26)20-19(22)14-7-5-6-8-17(14)29-20/h5-11H,3-4,12H2,1-2H3,(H,23,25)(H,24,26). The normalized spacial score (nSPS) is 10.6. The molecule has 0 fully saturated rings. The summed E-state index contributed by atoms with van der Waals surface area (Å²) in [5.41, 5.74) is 5.59. The molecule has 0 unspecified atom stereocenters. The molecule has 29 heavy (non-hydrogen) atoms. The van der Waals surface area contributed by atoms with Crippen LogP contribution in [0.1, 0.15) is 29.1 Å². The summed E-state index contributed by atoms with van der Waals surface area (Å²) in [5, 5.41) is 1.19. The zero-order chi connectivity index (χ0) is 20.8. The van der Waals surface area contributed by atoms with Gasteiger partial charge in [-0.1, -0.05) is 35.9 Å². The van der Waals surface area contributed by atoms with Gasteiger partial charge >= 0.3 is 0 Å². The minimum absolute atomic E-state index is 0.0763. The molecule has 8 heteroatoms. The second kappa shape index (κ2) is 9.62. The number of carbonyl (C=O) groups excluding carboxylic acids is 2. The minimum Gasteiger partial charge on any atom is -0.490 e. The van der Waals surface area contributed by atoms with Crippen molar-refractivity contribution >= 4 is 44.8 Å². The number of hydrazine groups is 1. The van der Waals surface area contributed by atoms with E-state index in [1.54, 1.807) is 18.2 Å². The predicted octanol–water partition coefficient (Wildman–Crippen LogP) is 4.36. The number of carbonyl (C=O) groups is 2. The molecule has 2 aromatic carbocycles. The topological polar surface area (TPSA) is 76.7 Å². The molecule has 0 radical (unpaired) electrons. The third-order valence-electron chi connectivity index (χ3n) is 4.03. The van der Waals surface area contributed by atoms with Gasteiger partial charge in [-0.15, -0.1) is 11.3 Å². The van der Waals surface area contributed by atoms with Crippen LogP contribution in [-0.4, -0.2) is 25.0 Å². The molecule has 2 N–H and O–H groups in total. The van der Waals surface area contributed by atoms with Crippen LogP contribution in [-0.2, 0) is 11.2 Å². The fraction of sp³-hybridized carbons (Fsp3) is 0.238. The lowest BCUT2D eigenvalue weighted by molar-refractivity contribution is -0.121. The fourth-order valence-corrected chi connectivity index (χ4v) is 4.19. The summed E-state index contributed by atoms with van der Waals surface area (Å²) < 4.78 is 12.0. The van der Waals surface area contributed by atoms with Crippen LogP contribution in [0.4, 0.5) is 0 Å². The molecule has 0 aliphatic carbocycles. The highest BCUT2D eigenvalue weighted by Gasteiger charge is 2.17. The van der Waals surface area contributed by atoms with Gasteiger partial charge in [-0.25, -0.2) is 0 Å². The van der Waals surface area contributed by atoms with Crippen molar-refractivity contribution < 1.29 is 19.1 Å². The number of ether oxygens (including phenoxy) is 2. The number of hydrogen-bond donors (Lipinski definition) is 2. The maximum Gasteiger partial charge on any atom is 0.281 e. The first-order valence-corrected chi connectivity index (χ1v) is 10.4. The summed E-state index contributed by atoms with van der Waals surface area (Å²) in [7, 11) is 0.